The first kappa shape index (κ1) is 16.7. The Morgan fingerprint density at radius 2 is 1.35 bits per heavy atom. The van der Waals surface area contributed by atoms with Crippen molar-refractivity contribution in [1.29, 1.82) is 0 Å². The molecule has 0 aliphatic heterocycles. The summed E-state index contributed by atoms with van der Waals surface area (Å²) in [4.78, 5) is 24.3. The van der Waals surface area contributed by atoms with Crippen LogP contribution < -0.4 is 10.6 Å². The van der Waals surface area contributed by atoms with E-state index in [2.05, 4.69) is 10.6 Å². The minimum absolute atomic E-state index is 0.607. The van der Waals surface area contributed by atoms with E-state index in [9.17, 15) is 9.59 Å². The van der Waals surface area contributed by atoms with Crippen LogP contribution in [0.15, 0.2) is 42.5 Å². The van der Waals surface area contributed by atoms with Gasteiger partial charge in [0.25, 0.3) is 0 Å². The first-order valence-corrected chi connectivity index (χ1v) is 7.84. The number of hydrogen-bond acceptors (Lipinski definition) is 2. The molecule has 0 aliphatic rings. The van der Waals surface area contributed by atoms with Crippen molar-refractivity contribution in [2.45, 2.75) is 33.6 Å². The van der Waals surface area contributed by atoms with Crippen LogP contribution in [0.2, 0.25) is 0 Å². The third-order valence-electron chi connectivity index (χ3n) is 3.75. The van der Waals surface area contributed by atoms with Crippen LogP contribution in [0, 0.1) is 6.92 Å². The second-order valence-electron chi connectivity index (χ2n) is 5.43. The second kappa shape index (κ2) is 7.58. The Balaban J connectivity index is 2.12. The van der Waals surface area contributed by atoms with E-state index in [1.807, 2.05) is 51.1 Å². The normalized spacial score (nSPS) is 10.2. The molecule has 0 unspecified atom stereocenters. The van der Waals surface area contributed by atoms with Gasteiger partial charge in [-0.2, -0.15) is 0 Å². The zero-order chi connectivity index (χ0) is 16.8. The van der Waals surface area contributed by atoms with Crippen molar-refractivity contribution in [3.63, 3.8) is 0 Å². The highest BCUT2D eigenvalue weighted by atomic mass is 16.2. The fourth-order valence-electron chi connectivity index (χ4n) is 2.40. The highest BCUT2D eigenvalue weighted by Crippen LogP contribution is 2.22. The quantitative estimate of drug-likeness (QED) is 0.846. The molecule has 0 aromatic heterocycles. The predicted molar refractivity (Wildman–Crippen MR) is 93.6 cm³/mol. The average Bonchev–Trinajstić information content (AvgIpc) is 2.56. The van der Waals surface area contributed by atoms with E-state index in [0.717, 1.165) is 35.2 Å². The topological polar surface area (TPSA) is 58.2 Å². The highest BCUT2D eigenvalue weighted by molar-refractivity contribution is 6.43. The lowest BCUT2D eigenvalue weighted by Crippen LogP contribution is -2.29. The smallest absolute Gasteiger partial charge is 0.314 e. The van der Waals surface area contributed by atoms with Crippen LogP contribution in [0.5, 0.6) is 0 Å². The maximum atomic E-state index is 12.2. The zero-order valence-electron chi connectivity index (χ0n) is 13.8. The fraction of sp³-hybridized carbons (Fsp3) is 0.263. The van der Waals surface area contributed by atoms with Gasteiger partial charge in [-0.3, -0.25) is 9.59 Å². The minimum atomic E-state index is -0.665. The molecule has 2 amide bonds. The molecule has 2 aromatic rings. The Bertz CT molecular complexity index is 684. The third kappa shape index (κ3) is 4.19. The molecule has 2 rings (SSSR count). The monoisotopic (exact) mass is 310 g/mol. The van der Waals surface area contributed by atoms with Gasteiger partial charge in [-0.1, -0.05) is 49.7 Å². The fourth-order valence-corrected chi connectivity index (χ4v) is 2.40. The molecule has 23 heavy (non-hydrogen) atoms. The number of aryl methyl sites for hydroxylation is 3. The molecule has 4 nitrogen and oxygen atoms in total. The lowest BCUT2D eigenvalue weighted by molar-refractivity contribution is -0.133. The summed E-state index contributed by atoms with van der Waals surface area (Å²) in [5.74, 6) is -1.32. The summed E-state index contributed by atoms with van der Waals surface area (Å²) in [6.07, 6.45) is 1.59. The molecule has 0 spiro atoms. The zero-order valence-corrected chi connectivity index (χ0v) is 13.8. The van der Waals surface area contributed by atoms with E-state index >= 15 is 0 Å². The number of carbonyl (C=O) groups is 2. The van der Waals surface area contributed by atoms with Gasteiger partial charge >= 0.3 is 11.8 Å². The van der Waals surface area contributed by atoms with Crippen LogP contribution in [0.4, 0.5) is 11.4 Å². The molecule has 2 aromatic carbocycles. The number of anilines is 2. The summed E-state index contributed by atoms with van der Waals surface area (Å²) in [7, 11) is 0. The Morgan fingerprint density at radius 3 is 1.87 bits per heavy atom. The lowest BCUT2D eigenvalue weighted by Gasteiger charge is -2.14. The molecule has 0 aliphatic carbocycles. The van der Waals surface area contributed by atoms with Crippen molar-refractivity contribution in [3.8, 4) is 0 Å². The van der Waals surface area contributed by atoms with Gasteiger partial charge < -0.3 is 10.6 Å². The second-order valence-corrected chi connectivity index (χ2v) is 5.43. The number of rotatable bonds is 4. The SMILES string of the molecule is CCc1cccc(CC)c1NC(=O)C(=O)Nc1ccc(C)cc1. The maximum absolute atomic E-state index is 12.2. The van der Waals surface area contributed by atoms with E-state index in [1.165, 1.54) is 0 Å². The Labute approximate surface area is 136 Å². The van der Waals surface area contributed by atoms with E-state index in [-0.39, 0.29) is 0 Å². The molecule has 0 radical (unpaired) electrons. The molecule has 4 heteroatoms. The van der Waals surface area contributed by atoms with Gasteiger partial charge in [0, 0.05) is 11.4 Å². The summed E-state index contributed by atoms with van der Waals surface area (Å²) in [6.45, 7) is 6.01. The molecular formula is C19H22N2O2. The summed E-state index contributed by atoms with van der Waals surface area (Å²) in [5, 5.41) is 5.37. The van der Waals surface area contributed by atoms with Crippen molar-refractivity contribution >= 4 is 23.2 Å². The summed E-state index contributed by atoms with van der Waals surface area (Å²) < 4.78 is 0. The molecule has 0 bridgehead atoms. The summed E-state index contributed by atoms with van der Waals surface area (Å²) in [6, 6.07) is 13.2. The molecule has 0 saturated carbocycles. The Kier molecular flexibility index (Phi) is 5.52. The van der Waals surface area contributed by atoms with Gasteiger partial charge in [0.05, 0.1) is 0 Å². The molecule has 0 fully saturated rings. The number of carbonyl (C=O) groups excluding carboxylic acids is 2. The predicted octanol–water partition coefficient (Wildman–Crippen LogP) is 3.70. The van der Waals surface area contributed by atoms with Crippen molar-refractivity contribution in [2.24, 2.45) is 0 Å². The van der Waals surface area contributed by atoms with Crippen molar-refractivity contribution < 1.29 is 9.59 Å². The van der Waals surface area contributed by atoms with Gasteiger partial charge in [0.2, 0.25) is 0 Å². The van der Waals surface area contributed by atoms with Gasteiger partial charge in [0.15, 0.2) is 0 Å². The highest BCUT2D eigenvalue weighted by Gasteiger charge is 2.17. The van der Waals surface area contributed by atoms with Crippen LogP contribution >= 0.6 is 0 Å². The minimum Gasteiger partial charge on any atom is -0.318 e. The van der Waals surface area contributed by atoms with Crippen LogP contribution in [-0.4, -0.2) is 11.8 Å². The molecule has 0 saturated heterocycles. The molecular weight excluding hydrogens is 288 g/mol. The van der Waals surface area contributed by atoms with E-state index < -0.39 is 11.8 Å². The Hall–Kier alpha value is -2.62. The van der Waals surface area contributed by atoms with E-state index in [0.29, 0.717) is 5.69 Å². The number of amides is 2. The third-order valence-corrected chi connectivity index (χ3v) is 3.75. The number of para-hydroxylation sites is 1. The molecule has 120 valence electrons. The van der Waals surface area contributed by atoms with Crippen LogP contribution in [0.1, 0.15) is 30.5 Å². The number of hydrogen-bond donors (Lipinski definition) is 2. The Morgan fingerprint density at radius 1 is 0.826 bits per heavy atom. The first-order valence-electron chi connectivity index (χ1n) is 7.84. The number of nitrogens with one attached hydrogen (secondary N) is 2. The van der Waals surface area contributed by atoms with E-state index in [1.54, 1.807) is 12.1 Å². The van der Waals surface area contributed by atoms with E-state index in [4.69, 9.17) is 0 Å². The molecule has 2 N–H and O–H groups in total. The summed E-state index contributed by atoms with van der Waals surface area (Å²) in [5.41, 5.74) is 4.51. The van der Waals surface area contributed by atoms with Gasteiger partial charge in [-0.25, -0.2) is 0 Å². The molecule has 0 atom stereocenters. The number of benzene rings is 2. The maximum Gasteiger partial charge on any atom is 0.314 e. The van der Waals surface area contributed by atoms with Gasteiger partial charge in [-0.15, -0.1) is 0 Å². The van der Waals surface area contributed by atoms with Crippen LogP contribution in [0.3, 0.4) is 0 Å². The van der Waals surface area contributed by atoms with Gasteiger partial charge in [0.1, 0.15) is 0 Å². The first-order chi connectivity index (χ1) is 11.0. The van der Waals surface area contributed by atoms with Crippen molar-refractivity contribution in [1.82, 2.24) is 0 Å². The average molecular weight is 310 g/mol. The largest absolute Gasteiger partial charge is 0.318 e. The standard InChI is InChI=1S/C19H22N2O2/c1-4-14-7-6-8-15(5-2)17(14)21-19(23)18(22)20-16-11-9-13(3)10-12-16/h6-12H,4-5H2,1-3H3,(H,20,22)(H,21,23). The summed E-state index contributed by atoms with van der Waals surface area (Å²) >= 11 is 0. The van der Waals surface area contributed by atoms with Crippen molar-refractivity contribution in [3.05, 3.63) is 59.2 Å². The van der Waals surface area contributed by atoms with Crippen LogP contribution in [0.25, 0.3) is 0 Å². The van der Waals surface area contributed by atoms with Gasteiger partial charge in [-0.05, 0) is 43.0 Å². The van der Waals surface area contributed by atoms with Crippen molar-refractivity contribution in [2.75, 3.05) is 10.6 Å². The lowest BCUT2D eigenvalue weighted by atomic mass is 10.0. The molecule has 0 heterocycles. The van der Waals surface area contributed by atoms with Crippen LogP contribution in [-0.2, 0) is 22.4 Å².